The van der Waals surface area contributed by atoms with Crippen LogP contribution in [0.1, 0.15) is 19.8 Å². The first-order valence-corrected chi connectivity index (χ1v) is 4.74. The molecule has 2 N–H and O–H groups in total. The van der Waals surface area contributed by atoms with Crippen molar-refractivity contribution >= 4 is 8.58 Å². The number of unbranched alkanes of at least 4 members (excludes halogenated alkanes) is 1. The Bertz CT molecular complexity index is 33.5. The van der Waals surface area contributed by atoms with Crippen molar-refractivity contribution in [3.63, 3.8) is 0 Å². The van der Waals surface area contributed by atoms with Crippen LogP contribution in [0.3, 0.4) is 0 Å². The van der Waals surface area contributed by atoms with Gasteiger partial charge in [0.25, 0.3) is 0 Å². The molecule has 0 aliphatic rings. The highest BCUT2D eigenvalue weighted by Gasteiger charge is 1.82. The average Bonchev–Trinajstić information content (AvgIpc) is 1.81. The monoisotopic (exact) mass is 133 g/mol. The molecule has 0 aliphatic carbocycles. The third kappa shape index (κ3) is 6.39. The van der Waals surface area contributed by atoms with Crippen molar-refractivity contribution in [3.8, 4) is 0 Å². The molecule has 0 saturated heterocycles. The number of hydrogen-bond donors (Lipinski definition) is 1. The van der Waals surface area contributed by atoms with Crippen LogP contribution in [0.15, 0.2) is 0 Å². The fourth-order valence-electron chi connectivity index (χ4n) is 0.529. The highest BCUT2D eigenvalue weighted by Crippen LogP contribution is 2.09. The Hall–Kier alpha value is 0.390. The van der Waals surface area contributed by atoms with Crippen molar-refractivity contribution in [2.75, 3.05) is 18.9 Å². The van der Waals surface area contributed by atoms with E-state index < -0.39 is 0 Å². The highest BCUT2D eigenvalue weighted by atomic mass is 31.1. The summed E-state index contributed by atoms with van der Waals surface area (Å²) in [6, 6.07) is 0. The van der Waals surface area contributed by atoms with Crippen LogP contribution in [0.25, 0.3) is 0 Å². The fourth-order valence-corrected chi connectivity index (χ4v) is 1.59. The van der Waals surface area contributed by atoms with Crippen molar-refractivity contribution in [3.05, 3.63) is 0 Å². The molecule has 1 atom stereocenters. The molecule has 0 fully saturated rings. The summed E-state index contributed by atoms with van der Waals surface area (Å²) in [7, 11) is 1.11. The Morgan fingerprint density at radius 1 is 1.38 bits per heavy atom. The van der Waals surface area contributed by atoms with Gasteiger partial charge in [0.2, 0.25) is 0 Å². The lowest BCUT2D eigenvalue weighted by Crippen LogP contribution is -2.00. The molecule has 0 heterocycles. The minimum absolute atomic E-state index is 0.877. The van der Waals surface area contributed by atoms with E-state index in [4.69, 9.17) is 5.73 Å². The normalized spacial score (nSPS) is 11.2. The first-order chi connectivity index (χ1) is 3.91. The largest absolute Gasteiger partial charge is 0.330 e. The summed E-state index contributed by atoms with van der Waals surface area (Å²) in [4.78, 5) is 0. The van der Waals surface area contributed by atoms with E-state index in [1.165, 1.54) is 25.2 Å². The van der Waals surface area contributed by atoms with Crippen molar-refractivity contribution < 1.29 is 0 Å². The van der Waals surface area contributed by atoms with Crippen molar-refractivity contribution in [1.82, 2.24) is 0 Å². The van der Waals surface area contributed by atoms with Crippen LogP contribution in [0, 0.1) is 0 Å². The molecule has 0 aromatic rings. The van der Waals surface area contributed by atoms with Crippen molar-refractivity contribution in [2.45, 2.75) is 19.8 Å². The SMILES string of the molecule is CCCCPCCN. The fraction of sp³-hybridized carbons (Fsp3) is 1.00. The average molecular weight is 133 g/mol. The summed E-state index contributed by atoms with van der Waals surface area (Å²) in [5, 5.41) is 0. The number of nitrogens with two attached hydrogens (primary N) is 1. The summed E-state index contributed by atoms with van der Waals surface area (Å²) in [5.74, 6) is 0. The lowest BCUT2D eigenvalue weighted by Gasteiger charge is -1.94. The number of rotatable bonds is 5. The summed E-state index contributed by atoms with van der Waals surface area (Å²) in [6.07, 6.45) is 5.35. The second-order valence-corrected chi connectivity index (χ2v) is 3.39. The van der Waals surface area contributed by atoms with E-state index in [-0.39, 0.29) is 0 Å². The van der Waals surface area contributed by atoms with Crippen LogP contribution in [0.4, 0.5) is 0 Å². The van der Waals surface area contributed by atoms with Gasteiger partial charge in [-0.25, -0.2) is 0 Å². The van der Waals surface area contributed by atoms with Gasteiger partial charge in [0.1, 0.15) is 0 Å². The molecular formula is C6H16NP. The third-order valence-electron chi connectivity index (χ3n) is 1.03. The van der Waals surface area contributed by atoms with Gasteiger partial charge in [-0.2, -0.15) is 0 Å². The maximum atomic E-state index is 5.32. The van der Waals surface area contributed by atoms with Crippen LogP contribution < -0.4 is 5.73 Å². The van der Waals surface area contributed by atoms with E-state index >= 15 is 0 Å². The van der Waals surface area contributed by atoms with Gasteiger partial charge in [0.05, 0.1) is 0 Å². The molecule has 1 nitrogen and oxygen atoms in total. The second-order valence-electron chi connectivity index (χ2n) is 1.89. The Kier molecular flexibility index (Phi) is 7.75. The molecule has 0 rings (SSSR count). The molecule has 0 radical (unpaired) electrons. The Morgan fingerprint density at radius 2 is 2.12 bits per heavy atom. The Labute approximate surface area is 53.8 Å². The summed E-state index contributed by atoms with van der Waals surface area (Å²) in [6.45, 7) is 3.11. The summed E-state index contributed by atoms with van der Waals surface area (Å²) < 4.78 is 0. The van der Waals surface area contributed by atoms with Gasteiger partial charge in [0.15, 0.2) is 0 Å². The molecule has 0 aliphatic heterocycles. The van der Waals surface area contributed by atoms with Crippen molar-refractivity contribution in [1.29, 1.82) is 0 Å². The topological polar surface area (TPSA) is 26.0 Å². The van der Waals surface area contributed by atoms with Crippen molar-refractivity contribution in [2.24, 2.45) is 5.73 Å². The maximum absolute atomic E-state index is 5.32. The maximum Gasteiger partial charge on any atom is -0.00402 e. The quantitative estimate of drug-likeness (QED) is 0.445. The van der Waals surface area contributed by atoms with E-state index in [1.807, 2.05) is 0 Å². The van der Waals surface area contributed by atoms with E-state index in [0.717, 1.165) is 15.1 Å². The summed E-state index contributed by atoms with van der Waals surface area (Å²) >= 11 is 0. The minimum atomic E-state index is 0.877. The zero-order chi connectivity index (χ0) is 6.24. The van der Waals surface area contributed by atoms with Gasteiger partial charge in [-0.1, -0.05) is 13.3 Å². The van der Waals surface area contributed by atoms with E-state index in [2.05, 4.69) is 6.92 Å². The zero-order valence-corrected chi connectivity index (χ0v) is 6.61. The molecule has 0 bridgehead atoms. The van der Waals surface area contributed by atoms with Crippen LogP contribution in [-0.4, -0.2) is 18.9 Å². The Morgan fingerprint density at radius 3 is 2.62 bits per heavy atom. The minimum Gasteiger partial charge on any atom is -0.330 e. The van der Waals surface area contributed by atoms with E-state index in [9.17, 15) is 0 Å². The molecule has 8 heavy (non-hydrogen) atoms. The molecule has 0 spiro atoms. The van der Waals surface area contributed by atoms with Gasteiger partial charge in [0, 0.05) is 0 Å². The predicted molar refractivity (Wildman–Crippen MR) is 42.0 cm³/mol. The molecule has 0 amide bonds. The zero-order valence-electron chi connectivity index (χ0n) is 5.61. The lowest BCUT2D eigenvalue weighted by molar-refractivity contribution is 0.892. The first kappa shape index (κ1) is 8.39. The second kappa shape index (κ2) is 7.39. The molecule has 50 valence electrons. The highest BCUT2D eigenvalue weighted by molar-refractivity contribution is 7.37. The molecule has 0 aromatic carbocycles. The number of hydrogen-bond acceptors (Lipinski definition) is 1. The lowest BCUT2D eigenvalue weighted by atomic mass is 10.4. The molecule has 2 heteroatoms. The standard InChI is InChI=1S/C6H16NP/c1-2-3-5-8-6-4-7/h8H,2-7H2,1H3. The van der Waals surface area contributed by atoms with Gasteiger partial charge in [-0.15, -0.1) is 8.58 Å². The predicted octanol–water partition coefficient (Wildman–Crippen LogP) is 1.42. The molecule has 1 unspecified atom stereocenters. The Balaban J connectivity index is 2.53. The van der Waals surface area contributed by atoms with Gasteiger partial charge in [-0.3, -0.25) is 0 Å². The molecule has 0 saturated carbocycles. The van der Waals surface area contributed by atoms with E-state index in [1.54, 1.807) is 0 Å². The first-order valence-electron chi connectivity index (χ1n) is 3.32. The third-order valence-corrected chi connectivity index (χ3v) is 2.38. The van der Waals surface area contributed by atoms with Gasteiger partial charge in [-0.05, 0) is 25.3 Å². The van der Waals surface area contributed by atoms with Crippen LogP contribution in [0.5, 0.6) is 0 Å². The van der Waals surface area contributed by atoms with Gasteiger partial charge >= 0.3 is 0 Å². The molecular weight excluding hydrogens is 117 g/mol. The van der Waals surface area contributed by atoms with Crippen LogP contribution in [-0.2, 0) is 0 Å². The molecule has 0 aromatic heterocycles. The van der Waals surface area contributed by atoms with Crippen LogP contribution >= 0.6 is 8.58 Å². The summed E-state index contributed by atoms with van der Waals surface area (Å²) in [5.41, 5.74) is 5.32. The smallest absolute Gasteiger partial charge is 0.00402 e. The van der Waals surface area contributed by atoms with Gasteiger partial charge < -0.3 is 5.73 Å². The van der Waals surface area contributed by atoms with E-state index in [0.29, 0.717) is 0 Å². The van der Waals surface area contributed by atoms with Crippen LogP contribution in [0.2, 0.25) is 0 Å².